The van der Waals surface area contributed by atoms with E-state index in [1.165, 1.54) is 18.5 Å². The van der Waals surface area contributed by atoms with Crippen LogP contribution in [-0.2, 0) is 4.74 Å². The first kappa shape index (κ1) is 23.6. The zero-order valence-corrected chi connectivity index (χ0v) is 18.6. The van der Waals surface area contributed by atoms with E-state index >= 15 is 0 Å². The Morgan fingerprint density at radius 3 is 2.52 bits per heavy atom. The molecule has 0 bridgehead atoms. The summed E-state index contributed by atoms with van der Waals surface area (Å²) in [6.45, 7) is 6.80. The average Bonchev–Trinajstić information content (AvgIpc) is 2.77. The van der Waals surface area contributed by atoms with Crippen molar-refractivity contribution in [3.63, 3.8) is 0 Å². The van der Waals surface area contributed by atoms with Crippen molar-refractivity contribution < 1.29 is 19.2 Å². The molecule has 0 radical (unpaired) electrons. The van der Waals surface area contributed by atoms with Crippen molar-refractivity contribution in [2.45, 2.75) is 39.2 Å². The van der Waals surface area contributed by atoms with E-state index < -0.39 is 10.5 Å². The van der Waals surface area contributed by atoms with Gasteiger partial charge >= 0.3 is 11.8 Å². The molecule has 1 N–H and O–H groups in total. The van der Waals surface area contributed by atoms with E-state index in [0.29, 0.717) is 31.7 Å². The predicted octanol–water partition coefficient (Wildman–Crippen LogP) is 3.42. The van der Waals surface area contributed by atoms with E-state index in [9.17, 15) is 14.9 Å². The predicted molar refractivity (Wildman–Crippen MR) is 117 cm³/mol. The summed E-state index contributed by atoms with van der Waals surface area (Å²) in [6, 6.07) is 3.30. The van der Waals surface area contributed by atoms with Crippen molar-refractivity contribution in [3.8, 4) is 11.8 Å². The monoisotopic (exact) mass is 455 g/mol. The van der Waals surface area contributed by atoms with Gasteiger partial charge in [0.15, 0.2) is 5.69 Å². The Kier molecular flexibility index (Phi) is 7.22. The number of anilines is 2. The summed E-state index contributed by atoms with van der Waals surface area (Å²) in [5, 5.41) is 23.1. The topological polar surface area (TPSA) is 156 Å². The maximum Gasteiger partial charge on any atom is 0.410 e. The van der Waals surface area contributed by atoms with Crippen LogP contribution >= 0.6 is 0 Å². The lowest BCUT2D eigenvalue weighted by Crippen LogP contribution is -2.42. The zero-order chi connectivity index (χ0) is 24.0. The Balaban J connectivity index is 1.60. The van der Waals surface area contributed by atoms with E-state index in [4.69, 9.17) is 14.7 Å². The molecule has 0 saturated carbocycles. The second kappa shape index (κ2) is 10.1. The summed E-state index contributed by atoms with van der Waals surface area (Å²) in [7, 11) is 0. The van der Waals surface area contributed by atoms with Crippen molar-refractivity contribution in [2.75, 3.05) is 25.0 Å². The number of amides is 1. The number of rotatable bonds is 6. The summed E-state index contributed by atoms with van der Waals surface area (Å²) >= 11 is 0. The fraction of sp³-hybridized carbons (Fsp3) is 0.476. The van der Waals surface area contributed by atoms with Gasteiger partial charge in [0.2, 0.25) is 5.75 Å². The number of piperidine rings is 1. The van der Waals surface area contributed by atoms with Gasteiger partial charge in [-0.2, -0.15) is 5.26 Å². The first-order valence-corrected chi connectivity index (χ1v) is 10.4. The van der Waals surface area contributed by atoms with Gasteiger partial charge in [-0.3, -0.25) is 10.1 Å². The Morgan fingerprint density at radius 2 is 1.94 bits per heavy atom. The van der Waals surface area contributed by atoms with Gasteiger partial charge in [-0.25, -0.2) is 19.7 Å². The number of aromatic nitrogens is 3. The van der Waals surface area contributed by atoms with Gasteiger partial charge in [-0.1, -0.05) is 0 Å². The van der Waals surface area contributed by atoms with Gasteiger partial charge in [0.05, 0.1) is 23.9 Å². The third-order valence-electron chi connectivity index (χ3n) is 4.81. The second-order valence-electron chi connectivity index (χ2n) is 8.54. The molecule has 1 amide bonds. The Hall–Kier alpha value is -4.01. The first-order valence-electron chi connectivity index (χ1n) is 10.4. The number of nitrogens with zero attached hydrogens (tertiary/aromatic N) is 6. The molecule has 0 aromatic carbocycles. The third kappa shape index (κ3) is 6.73. The molecule has 2 aromatic rings. The lowest BCUT2D eigenvalue weighted by molar-refractivity contribution is -0.386. The van der Waals surface area contributed by atoms with Gasteiger partial charge in [0.1, 0.15) is 29.5 Å². The minimum absolute atomic E-state index is 0.0775. The second-order valence-corrected chi connectivity index (χ2v) is 8.54. The number of carbonyl (C=O) groups is 1. The summed E-state index contributed by atoms with van der Waals surface area (Å²) in [4.78, 5) is 36.7. The van der Waals surface area contributed by atoms with Crippen molar-refractivity contribution in [1.82, 2.24) is 19.9 Å². The summed E-state index contributed by atoms with van der Waals surface area (Å²) in [5.41, 5.74) is -0.636. The Labute approximate surface area is 190 Å². The molecule has 3 heterocycles. The van der Waals surface area contributed by atoms with E-state index in [2.05, 4.69) is 20.3 Å². The molecule has 1 aliphatic rings. The SMILES string of the molecule is CC(C)(C)OC(=O)N1CCC(COc2cc(Nc3cnc(C#N)cn3)ncc2[N+](=O)[O-])CC1. The molecule has 1 saturated heterocycles. The highest BCUT2D eigenvalue weighted by Crippen LogP contribution is 2.30. The first-order chi connectivity index (χ1) is 15.6. The number of hydrogen-bond donors (Lipinski definition) is 1. The van der Waals surface area contributed by atoms with Crippen molar-refractivity contribution in [1.29, 1.82) is 5.26 Å². The quantitative estimate of drug-likeness (QED) is 0.505. The molecule has 1 fully saturated rings. The number of pyridine rings is 1. The van der Waals surface area contributed by atoms with Gasteiger partial charge in [0, 0.05) is 19.2 Å². The van der Waals surface area contributed by atoms with E-state index in [0.717, 1.165) is 6.20 Å². The molecule has 0 atom stereocenters. The maximum atomic E-state index is 12.2. The minimum atomic E-state index is -0.557. The molecular weight excluding hydrogens is 430 g/mol. The number of nitro groups is 1. The standard InChI is InChI=1S/C21H25N7O5/c1-21(2,3)33-20(29)27-6-4-14(5-7-27)13-32-17-8-18(25-11-16(17)28(30)31)26-19-12-23-15(9-22)10-24-19/h8,10-12,14H,4-7,13H2,1-3H3,(H,24,25,26). The van der Waals surface area contributed by atoms with Crippen LogP contribution in [0, 0.1) is 27.4 Å². The largest absolute Gasteiger partial charge is 0.486 e. The third-order valence-corrected chi connectivity index (χ3v) is 4.81. The van der Waals surface area contributed by atoms with E-state index in [1.807, 2.05) is 26.8 Å². The lowest BCUT2D eigenvalue weighted by atomic mass is 9.98. The van der Waals surface area contributed by atoms with Crippen LogP contribution in [0.4, 0.5) is 22.1 Å². The van der Waals surface area contributed by atoms with Crippen LogP contribution in [0.15, 0.2) is 24.7 Å². The Morgan fingerprint density at radius 1 is 1.24 bits per heavy atom. The fourth-order valence-corrected chi connectivity index (χ4v) is 3.15. The zero-order valence-electron chi connectivity index (χ0n) is 18.6. The smallest absolute Gasteiger partial charge is 0.410 e. The normalized spacial score (nSPS) is 14.3. The van der Waals surface area contributed by atoms with Gasteiger partial charge in [-0.15, -0.1) is 0 Å². The minimum Gasteiger partial charge on any atom is -0.486 e. The lowest BCUT2D eigenvalue weighted by Gasteiger charge is -2.33. The highest BCUT2D eigenvalue weighted by atomic mass is 16.6. The van der Waals surface area contributed by atoms with Crippen LogP contribution in [0.1, 0.15) is 39.3 Å². The van der Waals surface area contributed by atoms with Gasteiger partial charge in [0.25, 0.3) is 0 Å². The average molecular weight is 455 g/mol. The van der Waals surface area contributed by atoms with Crippen LogP contribution in [0.2, 0.25) is 0 Å². The maximum absolute atomic E-state index is 12.2. The molecule has 1 aliphatic heterocycles. The van der Waals surface area contributed by atoms with Gasteiger partial charge in [-0.05, 0) is 39.5 Å². The molecule has 0 aliphatic carbocycles. The van der Waals surface area contributed by atoms with Crippen LogP contribution < -0.4 is 10.1 Å². The number of likely N-dealkylation sites (tertiary alicyclic amines) is 1. The molecule has 33 heavy (non-hydrogen) atoms. The number of hydrogen-bond acceptors (Lipinski definition) is 10. The van der Waals surface area contributed by atoms with E-state index in [-0.39, 0.29) is 41.6 Å². The Bertz CT molecular complexity index is 1040. The van der Waals surface area contributed by atoms with Crippen molar-refractivity contribution >= 4 is 23.4 Å². The summed E-state index contributed by atoms with van der Waals surface area (Å²) in [6.07, 6.45) is 4.83. The molecular formula is C21H25N7O5. The molecule has 3 rings (SSSR count). The number of ether oxygens (including phenoxy) is 2. The van der Waals surface area contributed by atoms with Crippen molar-refractivity contribution in [2.24, 2.45) is 5.92 Å². The molecule has 12 nitrogen and oxygen atoms in total. The number of carbonyl (C=O) groups excluding carboxylic acids is 1. The number of nitriles is 1. The van der Waals surface area contributed by atoms with E-state index in [1.54, 1.807) is 4.90 Å². The molecule has 174 valence electrons. The van der Waals surface area contributed by atoms with Gasteiger partial charge < -0.3 is 19.7 Å². The molecule has 2 aromatic heterocycles. The number of nitrogens with one attached hydrogen (secondary N) is 1. The van der Waals surface area contributed by atoms with Crippen molar-refractivity contribution in [3.05, 3.63) is 40.5 Å². The summed E-state index contributed by atoms with van der Waals surface area (Å²) in [5.74, 6) is 0.830. The van der Waals surface area contributed by atoms with Crippen LogP contribution in [0.5, 0.6) is 5.75 Å². The van der Waals surface area contributed by atoms with Crippen LogP contribution in [-0.4, -0.2) is 56.2 Å². The molecule has 0 spiro atoms. The van der Waals surface area contributed by atoms with Crippen LogP contribution in [0.3, 0.4) is 0 Å². The summed E-state index contributed by atoms with van der Waals surface area (Å²) < 4.78 is 11.2. The molecule has 12 heteroatoms. The molecule has 0 unspecified atom stereocenters. The highest BCUT2D eigenvalue weighted by molar-refractivity contribution is 5.68. The highest BCUT2D eigenvalue weighted by Gasteiger charge is 2.28. The van der Waals surface area contributed by atoms with Crippen LogP contribution in [0.25, 0.3) is 0 Å². The fourth-order valence-electron chi connectivity index (χ4n) is 3.15.